The molecule has 1 aliphatic rings. The number of anilines is 1. The van der Waals surface area contributed by atoms with Crippen LogP contribution in [0.15, 0.2) is 51.8 Å². The fourth-order valence-electron chi connectivity index (χ4n) is 3.47. The lowest BCUT2D eigenvalue weighted by atomic mass is 10.00. The Kier molecular flexibility index (Phi) is 7.74. The maximum Gasteiger partial charge on any atom is 0.234 e. The molecule has 27 heavy (non-hydrogen) atoms. The van der Waals surface area contributed by atoms with Crippen molar-refractivity contribution in [3.63, 3.8) is 0 Å². The normalized spacial score (nSPS) is 19.7. The van der Waals surface area contributed by atoms with E-state index in [4.69, 9.17) is 0 Å². The summed E-state index contributed by atoms with van der Waals surface area (Å²) >= 11 is 7.35. The molecule has 0 bridgehead atoms. The van der Waals surface area contributed by atoms with Gasteiger partial charge in [-0.05, 0) is 56.0 Å². The highest BCUT2D eigenvalue weighted by molar-refractivity contribution is 9.10. The molecular formula is C22H26BrNOS2. The summed E-state index contributed by atoms with van der Waals surface area (Å²) in [7, 11) is 0. The molecule has 0 radical (unpaired) electrons. The van der Waals surface area contributed by atoms with E-state index in [0.29, 0.717) is 16.3 Å². The standard InChI is InChI=1S/C22H26BrNOS2/c1-15-7-5-8-16(2)22(15)24-21(25)14-26-19-11-3-4-12-20(19)27-18-10-6-9-17(23)13-18/h5-10,13,19-20H,3-4,11-12,14H2,1-2H3,(H,24,25). The van der Waals surface area contributed by atoms with Gasteiger partial charge in [-0.2, -0.15) is 0 Å². The number of para-hydroxylation sites is 1. The van der Waals surface area contributed by atoms with Crippen LogP contribution in [0.3, 0.4) is 0 Å². The van der Waals surface area contributed by atoms with Gasteiger partial charge in [0.1, 0.15) is 0 Å². The summed E-state index contributed by atoms with van der Waals surface area (Å²) in [5.74, 6) is 0.628. The van der Waals surface area contributed by atoms with E-state index in [1.54, 1.807) is 0 Å². The van der Waals surface area contributed by atoms with Crippen LogP contribution in [-0.2, 0) is 4.79 Å². The first-order valence-corrected chi connectivity index (χ1v) is 12.1. The summed E-state index contributed by atoms with van der Waals surface area (Å²) in [5, 5.41) is 4.23. The SMILES string of the molecule is Cc1cccc(C)c1NC(=O)CSC1CCCCC1Sc1cccc(Br)c1. The van der Waals surface area contributed by atoms with Crippen LogP contribution in [0.5, 0.6) is 0 Å². The summed E-state index contributed by atoms with van der Waals surface area (Å²) < 4.78 is 1.13. The molecule has 1 N–H and O–H groups in total. The van der Waals surface area contributed by atoms with Gasteiger partial charge in [0.2, 0.25) is 5.91 Å². The lowest BCUT2D eigenvalue weighted by Crippen LogP contribution is -2.27. The van der Waals surface area contributed by atoms with Crippen LogP contribution in [0.25, 0.3) is 0 Å². The van der Waals surface area contributed by atoms with E-state index in [1.165, 1.54) is 30.6 Å². The average Bonchev–Trinajstić information content (AvgIpc) is 2.64. The molecular weight excluding hydrogens is 438 g/mol. The Hall–Kier alpha value is -0.910. The molecule has 0 spiro atoms. The predicted molar refractivity (Wildman–Crippen MR) is 123 cm³/mol. The van der Waals surface area contributed by atoms with E-state index < -0.39 is 0 Å². The van der Waals surface area contributed by atoms with Crippen molar-refractivity contribution in [1.29, 1.82) is 0 Å². The monoisotopic (exact) mass is 463 g/mol. The second kappa shape index (κ2) is 10.0. The lowest BCUT2D eigenvalue weighted by Gasteiger charge is -2.30. The first-order valence-electron chi connectivity index (χ1n) is 9.43. The molecule has 5 heteroatoms. The van der Waals surface area contributed by atoms with Crippen LogP contribution in [0, 0.1) is 13.8 Å². The highest BCUT2D eigenvalue weighted by atomic mass is 79.9. The van der Waals surface area contributed by atoms with Gasteiger partial charge in [-0.3, -0.25) is 4.79 Å². The van der Waals surface area contributed by atoms with Crippen molar-refractivity contribution in [3.8, 4) is 0 Å². The molecule has 2 atom stereocenters. The van der Waals surface area contributed by atoms with Crippen molar-refractivity contribution in [2.45, 2.75) is 54.9 Å². The van der Waals surface area contributed by atoms with E-state index in [0.717, 1.165) is 21.3 Å². The Morgan fingerprint density at radius 1 is 1.07 bits per heavy atom. The molecule has 0 aromatic heterocycles. The van der Waals surface area contributed by atoms with Crippen molar-refractivity contribution in [1.82, 2.24) is 0 Å². The zero-order valence-corrected chi connectivity index (χ0v) is 19.1. The number of thioether (sulfide) groups is 2. The van der Waals surface area contributed by atoms with Crippen molar-refractivity contribution in [2.24, 2.45) is 0 Å². The van der Waals surface area contributed by atoms with Gasteiger partial charge in [0.05, 0.1) is 5.75 Å². The van der Waals surface area contributed by atoms with Crippen molar-refractivity contribution in [2.75, 3.05) is 11.1 Å². The molecule has 2 nitrogen and oxygen atoms in total. The molecule has 1 fully saturated rings. The molecule has 0 saturated heterocycles. The highest BCUT2D eigenvalue weighted by Crippen LogP contribution is 2.40. The minimum Gasteiger partial charge on any atom is -0.325 e. The van der Waals surface area contributed by atoms with Crippen LogP contribution < -0.4 is 5.32 Å². The fourth-order valence-corrected chi connectivity index (χ4v) is 6.82. The van der Waals surface area contributed by atoms with Gasteiger partial charge < -0.3 is 5.32 Å². The van der Waals surface area contributed by atoms with Gasteiger partial charge in [-0.15, -0.1) is 23.5 Å². The highest BCUT2D eigenvalue weighted by Gasteiger charge is 2.27. The van der Waals surface area contributed by atoms with E-state index in [9.17, 15) is 4.79 Å². The summed E-state index contributed by atoms with van der Waals surface area (Å²) in [6, 6.07) is 14.6. The minimum absolute atomic E-state index is 0.106. The zero-order valence-electron chi connectivity index (χ0n) is 15.8. The Bertz CT molecular complexity index is 775. The summed E-state index contributed by atoms with van der Waals surface area (Å²) in [4.78, 5) is 13.8. The number of aryl methyl sites for hydroxylation is 2. The van der Waals surface area contributed by atoms with Gasteiger partial charge in [-0.1, -0.05) is 53.0 Å². The number of hydrogen-bond donors (Lipinski definition) is 1. The molecule has 1 aliphatic carbocycles. The average molecular weight is 464 g/mol. The number of hydrogen-bond acceptors (Lipinski definition) is 3. The van der Waals surface area contributed by atoms with Gasteiger partial charge in [-0.25, -0.2) is 0 Å². The first kappa shape index (κ1) is 20.8. The summed E-state index contributed by atoms with van der Waals surface area (Å²) in [5.41, 5.74) is 3.20. The van der Waals surface area contributed by atoms with E-state index in [-0.39, 0.29) is 5.91 Å². The minimum atomic E-state index is 0.106. The van der Waals surface area contributed by atoms with Crippen LogP contribution in [0.1, 0.15) is 36.8 Å². The van der Waals surface area contributed by atoms with E-state index in [2.05, 4.69) is 45.5 Å². The third-order valence-electron chi connectivity index (χ3n) is 4.90. The van der Waals surface area contributed by atoms with Crippen LogP contribution in [0.4, 0.5) is 5.69 Å². The van der Waals surface area contributed by atoms with Crippen molar-refractivity contribution >= 4 is 51.0 Å². The Morgan fingerprint density at radius 3 is 2.44 bits per heavy atom. The van der Waals surface area contributed by atoms with Crippen LogP contribution in [-0.4, -0.2) is 22.2 Å². The Labute approximate surface area is 179 Å². The molecule has 0 aliphatic heterocycles. The maximum atomic E-state index is 12.5. The second-order valence-electron chi connectivity index (χ2n) is 7.06. The number of carbonyl (C=O) groups is 1. The summed E-state index contributed by atoms with van der Waals surface area (Å²) in [6.07, 6.45) is 4.99. The third-order valence-corrected chi connectivity index (χ3v) is 8.38. The number of carbonyl (C=O) groups excluding carboxylic acids is 1. The Morgan fingerprint density at radius 2 is 1.74 bits per heavy atom. The smallest absolute Gasteiger partial charge is 0.234 e. The van der Waals surface area contributed by atoms with Crippen LogP contribution >= 0.6 is 39.5 Å². The van der Waals surface area contributed by atoms with Gasteiger partial charge in [0, 0.05) is 25.6 Å². The first-order chi connectivity index (χ1) is 13.0. The molecule has 3 rings (SSSR count). The van der Waals surface area contributed by atoms with E-state index >= 15 is 0 Å². The molecule has 2 unspecified atom stereocenters. The van der Waals surface area contributed by atoms with Gasteiger partial charge in [0.25, 0.3) is 0 Å². The maximum absolute atomic E-state index is 12.5. The van der Waals surface area contributed by atoms with E-state index in [1.807, 2.05) is 55.6 Å². The number of rotatable bonds is 6. The van der Waals surface area contributed by atoms with Crippen molar-refractivity contribution < 1.29 is 4.79 Å². The second-order valence-corrected chi connectivity index (χ2v) is 10.5. The van der Waals surface area contributed by atoms with Crippen LogP contribution in [0.2, 0.25) is 0 Å². The number of benzene rings is 2. The lowest BCUT2D eigenvalue weighted by molar-refractivity contribution is -0.113. The molecule has 2 aromatic carbocycles. The fraction of sp³-hybridized carbons (Fsp3) is 0.409. The Balaban J connectivity index is 1.57. The molecule has 1 saturated carbocycles. The number of nitrogens with one attached hydrogen (secondary N) is 1. The quantitative estimate of drug-likeness (QED) is 0.507. The molecule has 2 aromatic rings. The van der Waals surface area contributed by atoms with Gasteiger partial charge in [0.15, 0.2) is 0 Å². The zero-order chi connectivity index (χ0) is 19.2. The van der Waals surface area contributed by atoms with Gasteiger partial charge >= 0.3 is 0 Å². The third kappa shape index (κ3) is 6.03. The largest absolute Gasteiger partial charge is 0.325 e. The number of amides is 1. The molecule has 144 valence electrons. The molecule has 0 heterocycles. The van der Waals surface area contributed by atoms with Crippen molar-refractivity contribution in [3.05, 3.63) is 58.1 Å². The topological polar surface area (TPSA) is 29.1 Å². The predicted octanol–water partition coefficient (Wildman–Crippen LogP) is 6.84. The summed E-state index contributed by atoms with van der Waals surface area (Å²) in [6.45, 7) is 4.09. The number of halogens is 1. The molecule has 1 amide bonds.